The minimum atomic E-state index is -4.88. The molecule has 1 saturated heterocycles. The number of carbonyl (C=O) groups excluding carboxylic acids is 1. The molecule has 5 N–H and O–H groups in total. The number of methoxy groups -OCH3 is 1. The summed E-state index contributed by atoms with van der Waals surface area (Å²) in [6.45, 7) is -0.641. The van der Waals surface area contributed by atoms with Gasteiger partial charge >= 0.3 is 16.4 Å². The summed E-state index contributed by atoms with van der Waals surface area (Å²) in [6.07, 6.45) is -5.79. The minimum absolute atomic E-state index is 0.00962. The highest BCUT2D eigenvalue weighted by atomic mass is 32.3. The van der Waals surface area contributed by atoms with Gasteiger partial charge in [0.05, 0.1) is 13.7 Å². The zero-order chi connectivity index (χ0) is 19.9. The lowest BCUT2D eigenvalue weighted by molar-refractivity contribution is -0.205. The van der Waals surface area contributed by atoms with Gasteiger partial charge in [0.25, 0.3) is 0 Å². The van der Waals surface area contributed by atoms with Crippen molar-refractivity contribution in [2.24, 2.45) is 5.16 Å². The molecule has 0 radical (unpaired) electrons. The van der Waals surface area contributed by atoms with Crippen molar-refractivity contribution >= 4 is 33.2 Å². The number of hydrogen-bond acceptors (Lipinski definition) is 12. The van der Waals surface area contributed by atoms with Crippen molar-refractivity contribution in [1.82, 2.24) is 0 Å². The Morgan fingerprint density at radius 1 is 1.19 bits per heavy atom. The number of hydrogen-bond donors (Lipinski definition) is 5. The standard InChI is InChI=1S/C12H21NO11S2/c1-22-8(15)4-2-3-7(13-24-26(19,20)21)25-12-11(18)10(17)9(16)6(5-14)23-12/h6,9-12,14,16-18H,2-5H2,1H3,(H,19,20,21)/b13-7-/t6-,9+,10+,11+,12+/m1/s1. The first-order valence-corrected chi connectivity index (χ1v) is 9.60. The SMILES string of the molecule is COC(=O)CCC/C(=N/OS(=O)(=O)O)S[C@@H]1O[C@H](CO)[C@H](O)[C@H](O)[C@@H]1O. The minimum Gasteiger partial charge on any atom is -0.469 e. The summed E-state index contributed by atoms with van der Waals surface area (Å²) in [4.78, 5) is 11.1. The summed E-state index contributed by atoms with van der Waals surface area (Å²) >= 11 is 0.642. The van der Waals surface area contributed by atoms with E-state index in [1.54, 1.807) is 0 Å². The molecule has 0 unspecified atom stereocenters. The van der Waals surface area contributed by atoms with Crippen LogP contribution in [-0.2, 0) is 29.0 Å². The molecule has 0 aliphatic carbocycles. The average Bonchev–Trinajstić information content (AvgIpc) is 2.58. The molecule has 0 aromatic rings. The van der Waals surface area contributed by atoms with E-state index in [2.05, 4.69) is 14.2 Å². The molecule has 0 aromatic heterocycles. The maximum absolute atomic E-state index is 11.1. The lowest BCUT2D eigenvalue weighted by atomic mass is 10.0. The van der Waals surface area contributed by atoms with Crippen molar-refractivity contribution in [1.29, 1.82) is 0 Å². The molecule has 1 aliphatic rings. The van der Waals surface area contributed by atoms with Gasteiger partial charge in [-0.2, -0.15) is 8.42 Å². The van der Waals surface area contributed by atoms with Crippen LogP contribution < -0.4 is 0 Å². The van der Waals surface area contributed by atoms with Crippen molar-refractivity contribution in [3.63, 3.8) is 0 Å². The largest absolute Gasteiger partial charge is 0.469 e. The third kappa shape index (κ3) is 7.32. The Hall–Kier alpha value is -1.00. The number of thioether (sulfide) groups is 1. The summed E-state index contributed by atoms with van der Waals surface area (Å²) < 4.78 is 43.6. The van der Waals surface area contributed by atoms with E-state index in [1.165, 1.54) is 7.11 Å². The van der Waals surface area contributed by atoms with E-state index in [4.69, 9.17) is 14.4 Å². The van der Waals surface area contributed by atoms with Crippen LogP contribution in [0, 0.1) is 0 Å². The van der Waals surface area contributed by atoms with Crippen molar-refractivity contribution < 1.29 is 51.9 Å². The number of rotatable bonds is 8. The maximum atomic E-state index is 11.1. The Morgan fingerprint density at radius 3 is 2.38 bits per heavy atom. The lowest BCUT2D eigenvalue weighted by Gasteiger charge is -2.39. The second kappa shape index (κ2) is 10.4. The molecule has 1 aliphatic heterocycles. The van der Waals surface area contributed by atoms with Crippen molar-refractivity contribution in [3.8, 4) is 0 Å². The van der Waals surface area contributed by atoms with Gasteiger partial charge in [-0.3, -0.25) is 9.35 Å². The third-order valence-electron chi connectivity index (χ3n) is 3.33. The Kier molecular flexibility index (Phi) is 9.18. The first kappa shape index (κ1) is 23.0. The van der Waals surface area contributed by atoms with Crippen molar-refractivity contribution in [2.45, 2.75) is 49.1 Å². The molecule has 1 fully saturated rings. The Labute approximate surface area is 153 Å². The smallest absolute Gasteiger partial charge is 0.466 e. The highest BCUT2D eigenvalue weighted by molar-refractivity contribution is 8.14. The van der Waals surface area contributed by atoms with E-state index in [1.807, 2.05) is 0 Å². The van der Waals surface area contributed by atoms with E-state index < -0.39 is 52.8 Å². The van der Waals surface area contributed by atoms with Crippen molar-refractivity contribution in [2.75, 3.05) is 13.7 Å². The molecular weight excluding hydrogens is 398 g/mol. The molecule has 12 nitrogen and oxygen atoms in total. The highest BCUT2D eigenvalue weighted by Gasteiger charge is 2.44. The predicted octanol–water partition coefficient (Wildman–Crippen LogP) is -2.00. The fraction of sp³-hybridized carbons (Fsp3) is 0.833. The number of aliphatic hydroxyl groups excluding tert-OH is 4. The van der Waals surface area contributed by atoms with Gasteiger partial charge in [0, 0.05) is 6.42 Å². The Bertz CT molecular complexity index is 594. The average molecular weight is 419 g/mol. The molecule has 26 heavy (non-hydrogen) atoms. The normalized spacial score (nSPS) is 30.1. The molecule has 1 heterocycles. The van der Waals surface area contributed by atoms with Gasteiger partial charge in [-0.1, -0.05) is 16.9 Å². The molecule has 152 valence electrons. The Morgan fingerprint density at radius 2 is 1.85 bits per heavy atom. The van der Waals surface area contributed by atoms with E-state index in [9.17, 15) is 28.5 Å². The number of carbonyl (C=O) groups is 1. The van der Waals surface area contributed by atoms with E-state index >= 15 is 0 Å². The van der Waals surface area contributed by atoms with E-state index in [0.717, 1.165) is 0 Å². The van der Waals surface area contributed by atoms with Gasteiger partial charge in [-0.15, -0.1) is 0 Å². The van der Waals surface area contributed by atoms with Crippen LogP contribution in [0.4, 0.5) is 0 Å². The first-order valence-electron chi connectivity index (χ1n) is 7.36. The number of ether oxygens (including phenoxy) is 2. The van der Waals surface area contributed by atoms with Crippen LogP contribution in [0.5, 0.6) is 0 Å². The summed E-state index contributed by atoms with van der Waals surface area (Å²) in [5.41, 5.74) is -1.23. The molecule has 0 amide bonds. The number of nitrogens with zero attached hydrogens (tertiary/aromatic N) is 1. The summed E-state index contributed by atoms with van der Waals surface area (Å²) in [5, 5.41) is 41.7. The second-order valence-corrected chi connectivity index (χ2v) is 7.41. The van der Waals surface area contributed by atoms with Gasteiger partial charge in [0.1, 0.15) is 34.9 Å². The third-order valence-corrected chi connectivity index (χ3v) is 4.77. The second-order valence-electron chi connectivity index (χ2n) is 5.23. The van der Waals surface area contributed by atoms with E-state index in [0.29, 0.717) is 11.8 Å². The molecule has 0 aromatic carbocycles. The van der Waals surface area contributed by atoms with Crippen LogP contribution in [0.2, 0.25) is 0 Å². The van der Waals surface area contributed by atoms with Crippen LogP contribution in [0.15, 0.2) is 5.16 Å². The van der Waals surface area contributed by atoms with Crippen LogP contribution in [-0.4, -0.2) is 88.0 Å². The quantitative estimate of drug-likeness (QED) is 0.0956. The number of aliphatic hydroxyl groups is 4. The fourth-order valence-electron chi connectivity index (χ4n) is 2.00. The molecule has 14 heteroatoms. The topological polar surface area (TPSA) is 192 Å². The number of esters is 1. The molecular formula is C12H21NO11S2. The zero-order valence-electron chi connectivity index (χ0n) is 13.7. The number of oxime groups is 1. The Balaban J connectivity index is 2.83. The van der Waals surface area contributed by atoms with Gasteiger partial charge < -0.3 is 29.9 Å². The van der Waals surface area contributed by atoms with Gasteiger partial charge in [0.2, 0.25) is 0 Å². The van der Waals surface area contributed by atoms with Crippen molar-refractivity contribution in [3.05, 3.63) is 0 Å². The monoisotopic (exact) mass is 419 g/mol. The first-order chi connectivity index (χ1) is 12.1. The maximum Gasteiger partial charge on any atom is 0.466 e. The van der Waals surface area contributed by atoms with Crippen LogP contribution in [0.25, 0.3) is 0 Å². The summed E-state index contributed by atoms with van der Waals surface area (Å²) in [5.74, 6) is -0.516. The van der Waals surface area contributed by atoms with E-state index in [-0.39, 0.29) is 24.3 Å². The fourth-order valence-corrected chi connectivity index (χ4v) is 3.34. The molecule has 0 bridgehead atoms. The van der Waals surface area contributed by atoms with Crippen LogP contribution in [0.1, 0.15) is 19.3 Å². The summed E-state index contributed by atoms with van der Waals surface area (Å²) in [7, 11) is -3.68. The molecule has 1 rings (SSSR count). The van der Waals surface area contributed by atoms with Crippen LogP contribution >= 0.6 is 11.8 Å². The van der Waals surface area contributed by atoms with Gasteiger partial charge in [0.15, 0.2) is 0 Å². The summed E-state index contributed by atoms with van der Waals surface area (Å²) in [6, 6.07) is 0. The molecule has 0 spiro atoms. The lowest BCUT2D eigenvalue weighted by Crippen LogP contribution is -2.57. The predicted molar refractivity (Wildman–Crippen MR) is 87.3 cm³/mol. The highest BCUT2D eigenvalue weighted by Crippen LogP contribution is 2.30. The van der Waals surface area contributed by atoms with Crippen LogP contribution in [0.3, 0.4) is 0 Å². The zero-order valence-corrected chi connectivity index (χ0v) is 15.3. The van der Waals surface area contributed by atoms with Gasteiger partial charge in [-0.25, -0.2) is 4.28 Å². The molecule has 0 saturated carbocycles. The molecule has 5 atom stereocenters. The van der Waals surface area contributed by atoms with Gasteiger partial charge in [-0.05, 0) is 12.8 Å².